The van der Waals surface area contributed by atoms with Crippen molar-refractivity contribution in [1.29, 1.82) is 0 Å². The summed E-state index contributed by atoms with van der Waals surface area (Å²) in [6, 6.07) is 16.3. The number of benzene rings is 2. The van der Waals surface area contributed by atoms with Crippen LogP contribution in [0.5, 0.6) is 5.75 Å². The van der Waals surface area contributed by atoms with Crippen molar-refractivity contribution in [2.45, 2.75) is 25.8 Å². The highest BCUT2D eigenvalue weighted by Gasteiger charge is 2.23. The van der Waals surface area contributed by atoms with Crippen LogP contribution in [-0.2, 0) is 0 Å². The summed E-state index contributed by atoms with van der Waals surface area (Å²) in [5, 5.41) is 15.1. The Morgan fingerprint density at radius 3 is 2.29 bits per heavy atom. The molecule has 0 amide bonds. The average molecular weight is 420 g/mol. The molecule has 1 fully saturated rings. The number of hydrogen-bond donors (Lipinski definition) is 1. The Morgan fingerprint density at radius 1 is 0.935 bits per heavy atom. The number of methoxy groups -OCH3 is 1. The molecule has 0 atom stereocenters. The van der Waals surface area contributed by atoms with Crippen LogP contribution >= 0.6 is 0 Å². The van der Waals surface area contributed by atoms with Gasteiger partial charge in [0.1, 0.15) is 11.4 Å². The van der Waals surface area contributed by atoms with Gasteiger partial charge in [0.2, 0.25) is 0 Å². The van der Waals surface area contributed by atoms with Gasteiger partial charge in [0.05, 0.1) is 7.11 Å². The summed E-state index contributed by atoms with van der Waals surface area (Å²) in [5.41, 5.74) is 1.84. The fraction of sp³-hybridized carbons (Fsp3) is 0.440. The van der Waals surface area contributed by atoms with Gasteiger partial charge in [0.25, 0.3) is 0 Å². The molecular formula is C25H33N5O. The van der Waals surface area contributed by atoms with E-state index in [1.165, 1.54) is 0 Å². The zero-order valence-corrected chi connectivity index (χ0v) is 19.1. The van der Waals surface area contributed by atoms with Crippen molar-refractivity contribution in [2.75, 3.05) is 52.2 Å². The zero-order chi connectivity index (χ0) is 21.8. The van der Waals surface area contributed by atoms with Crippen molar-refractivity contribution in [2.24, 2.45) is 0 Å². The van der Waals surface area contributed by atoms with Crippen LogP contribution in [0.4, 0.5) is 5.82 Å². The summed E-state index contributed by atoms with van der Waals surface area (Å²) in [6.45, 7) is 10.2. The van der Waals surface area contributed by atoms with E-state index in [1.807, 2.05) is 24.3 Å². The molecule has 0 radical (unpaired) electrons. The normalized spacial score (nSPS) is 15.9. The van der Waals surface area contributed by atoms with Gasteiger partial charge in [0.15, 0.2) is 5.82 Å². The molecule has 1 aromatic heterocycles. The monoisotopic (exact) mass is 419 g/mol. The second-order valence-electron chi connectivity index (χ2n) is 9.08. The van der Waals surface area contributed by atoms with Crippen molar-refractivity contribution in [3.05, 3.63) is 48.5 Å². The number of nitrogens with zero attached hydrogens (tertiary/aromatic N) is 4. The van der Waals surface area contributed by atoms with Gasteiger partial charge in [-0.3, -0.25) is 0 Å². The molecule has 1 aliphatic rings. The quantitative estimate of drug-likeness (QED) is 0.621. The smallest absolute Gasteiger partial charge is 0.157 e. The number of likely N-dealkylation sites (N-methyl/N-ethyl adjacent to an activating group) is 1. The SMILES string of the molecule is COc1ccc(-c2nnc(NC(C)(C)CCN3CCN(C)CC3)c3ccccc23)cc1. The van der Waals surface area contributed by atoms with Crippen LogP contribution in [0.2, 0.25) is 0 Å². The molecular weight excluding hydrogens is 386 g/mol. The molecule has 0 spiro atoms. The van der Waals surface area contributed by atoms with Crippen LogP contribution in [0, 0.1) is 0 Å². The van der Waals surface area contributed by atoms with Crippen molar-refractivity contribution in [3.8, 4) is 17.0 Å². The Hall–Kier alpha value is -2.70. The lowest BCUT2D eigenvalue weighted by molar-refractivity contribution is 0.147. The molecule has 3 aromatic rings. The predicted molar refractivity (Wildman–Crippen MR) is 128 cm³/mol. The van der Waals surface area contributed by atoms with E-state index in [0.717, 1.165) is 72.7 Å². The van der Waals surface area contributed by atoms with E-state index in [-0.39, 0.29) is 5.54 Å². The highest BCUT2D eigenvalue weighted by molar-refractivity contribution is 6.00. The van der Waals surface area contributed by atoms with Gasteiger partial charge in [0, 0.05) is 54.6 Å². The molecule has 1 N–H and O–H groups in total. The summed E-state index contributed by atoms with van der Waals surface area (Å²) in [7, 11) is 3.87. The lowest BCUT2D eigenvalue weighted by atomic mass is 9.99. The molecule has 0 bridgehead atoms. The van der Waals surface area contributed by atoms with Crippen LogP contribution in [0.15, 0.2) is 48.5 Å². The third kappa shape index (κ3) is 5.14. The minimum atomic E-state index is -0.0809. The van der Waals surface area contributed by atoms with E-state index < -0.39 is 0 Å². The van der Waals surface area contributed by atoms with Gasteiger partial charge in [-0.1, -0.05) is 24.3 Å². The maximum atomic E-state index is 5.29. The number of anilines is 1. The Labute approximate surface area is 185 Å². The second kappa shape index (κ2) is 9.20. The summed E-state index contributed by atoms with van der Waals surface area (Å²) < 4.78 is 5.29. The maximum Gasteiger partial charge on any atom is 0.157 e. The molecule has 0 unspecified atom stereocenters. The lowest BCUT2D eigenvalue weighted by Gasteiger charge is -2.35. The number of aromatic nitrogens is 2. The van der Waals surface area contributed by atoms with Crippen molar-refractivity contribution in [1.82, 2.24) is 20.0 Å². The first-order valence-electron chi connectivity index (χ1n) is 11.0. The summed E-state index contributed by atoms with van der Waals surface area (Å²) in [5.74, 6) is 1.68. The minimum absolute atomic E-state index is 0.0809. The molecule has 2 heterocycles. The fourth-order valence-corrected chi connectivity index (χ4v) is 4.05. The molecule has 31 heavy (non-hydrogen) atoms. The highest BCUT2D eigenvalue weighted by atomic mass is 16.5. The van der Waals surface area contributed by atoms with E-state index in [4.69, 9.17) is 4.74 Å². The third-order valence-electron chi connectivity index (χ3n) is 6.16. The molecule has 164 valence electrons. The Morgan fingerprint density at radius 2 is 1.61 bits per heavy atom. The summed E-state index contributed by atoms with van der Waals surface area (Å²) in [4.78, 5) is 4.95. The number of ether oxygens (including phenoxy) is 1. The fourth-order valence-electron chi connectivity index (χ4n) is 4.05. The number of fused-ring (bicyclic) bond motifs is 1. The molecule has 4 rings (SSSR count). The first-order valence-corrected chi connectivity index (χ1v) is 11.0. The van der Waals surface area contributed by atoms with Crippen LogP contribution in [0.1, 0.15) is 20.3 Å². The van der Waals surface area contributed by atoms with Gasteiger partial charge < -0.3 is 19.9 Å². The molecule has 1 aliphatic heterocycles. The first-order chi connectivity index (χ1) is 14.9. The molecule has 0 aliphatic carbocycles. The van der Waals surface area contributed by atoms with Gasteiger partial charge in [-0.25, -0.2) is 0 Å². The van der Waals surface area contributed by atoms with Crippen molar-refractivity contribution < 1.29 is 4.74 Å². The Kier molecular flexibility index (Phi) is 6.39. The minimum Gasteiger partial charge on any atom is -0.497 e. The molecule has 0 saturated carbocycles. The molecule has 6 nitrogen and oxygen atoms in total. The van der Waals surface area contributed by atoms with E-state index >= 15 is 0 Å². The molecule has 2 aromatic carbocycles. The van der Waals surface area contributed by atoms with Gasteiger partial charge >= 0.3 is 0 Å². The third-order valence-corrected chi connectivity index (χ3v) is 6.16. The highest BCUT2D eigenvalue weighted by Crippen LogP contribution is 2.32. The lowest BCUT2D eigenvalue weighted by Crippen LogP contribution is -2.46. The Bertz CT molecular complexity index is 1010. The van der Waals surface area contributed by atoms with Crippen LogP contribution in [-0.4, -0.2) is 72.4 Å². The van der Waals surface area contributed by atoms with Crippen molar-refractivity contribution in [3.63, 3.8) is 0 Å². The van der Waals surface area contributed by atoms with Crippen LogP contribution in [0.25, 0.3) is 22.0 Å². The predicted octanol–water partition coefficient (Wildman–Crippen LogP) is 4.13. The first kappa shape index (κ1) is 21.5. The van der Waals surface area contributed by atoms with Crippen LogP contribution < -0.4 is 10.1 Å². The van der Waals surface area contributed by atoms with Gasteiger partial charge in [-0.15, -0.1) is 10.2 Å². The molecule has 1 saturated heterocycles. The van der Waals surface area contributed by atoms with E-state index in [0.29, 0.717) is 0 Å². The number of nitrogens with one attached hydrogen (secondary N) is 1. The van der Waals surface area contributed by atoms with E-state index in [9.17, 15) is 0 Å². The standard InChI is InChI=1S/C25H33N5O/c1-25(2,13-14-30-17-15-29(3)16-18-30)26-24-22-8-6-5-7-21(22)23(27-28-24)19-9-11-20(31-4)12-10-19/h5-12H,13-18H2,1-4H3,(H,26,28). The zero-order valence-electron chi connectivity index (χ0n) is 19.1. The van der Waals surface area contributed by atoms with Crippen LogP contribution in [0.3, 0.4) is 0 Å². The summed E-state index contributed by atoms with van der Waals surface area (Å²) >= 11 is 0. The topological polar surface area (TPSA) is 53.5 Å². The number of piperazine rings is 1. The maximum absolute atomic E-state index is 5.29. The van der Waals surface area contributed by atoms with E-state index in [2.05, 4.69) is 70.5 Å². The number of hydrogen-bond acceptors (Lipinski definition) is 6. The summed E-state index contributed by atoms with van der Waals surface area (Å²) in [6.07, 6.45) is 1.05. The number of rotatable bonds is 7. The van der Waals surface area contributed by atoms with Gasteiger partial charge in [-0.05, 0) is 51.6 Å². The van der Waals surface area contributed by atoms with E-state index in [1.54, 1.807) is 7.11 Å². The average Bonchev–Trinajstić information content (AvgIpc) is 2.79. The second-order valence-corrected chi connectivity index (χ2v) is 9.08. The van der Waals surface area contributed by atoms with Gasteiger partial charge in [-0.2, -0.15) is 0 Å². The van der Waals surface area contributed by atoms with Crippen molar-refractivity contribution >= 4 is 16.6 Å². The molecule has 6 heteroatoms. The largest absolute Gasteiger partial charge is 0.497 e. The Balaban J connectivity index is 1.54.